The second kappa shape index (κ2) is 7.12. The molecule has 0 fully saturated rings. The van der Waals surface area contributed by atoms with Crippen molar-refractivity contribution in [1.29, 1.82) is 0 Å². The van der Waals surface area contributed by atoms with Crippen LogP contribution in [0.5, 0.6) is 5.75 Å². The van der Waals surface area contributed by atoms with Crippen molar-refractivity contribution in [2.24, 2.45) is 5.92 Å². The smallest absolute Gasteiger partial charge is 0.119 e. The third-order valence-electron chi connectivity index (χ3n) is 2.27. The van der Waals surface area contributed by atoms with Gasteiger partial charge in [-0.05, 0) is 37.1 Å². The quantitative estimate of drug-likeness (QED) is 0.771. The largest absolute Gasteiger partial charge is 0.494 e. The molecule has 1 unspecified atom stereocenters. The minimum Gasteiger partial charge on any atom is -0.494 e. The molecule has 0 spiro atoms. The van der Waals surface area contributed by atoms with E-state index in [1.807, 2.05) is 31.2 Å². The number of methoxy groups -OCH3 is 1. The number of hydrogen-bond acceptors (Lipinski definition) is 3. The fourth-order valence-electron chi connectivity index (χ4n) is 1.47. The van der Waals surface area contributed by atoms with Crippen LogP contribution in [-0.4, -0.2) is 26.9 Å². The number of ether oxygens (including phenoxy) is 2. The first-order valence-corrected chi connectivity index (χ1v) is 5.72. The zero-order valence-electron chi connectivity index (χ0n) is 10.3. The Labute approximate surface area is 97.8 Å². The zero-order valence-corrected chi connectivity index (χ0v) is 10.3. The Kier molecular flexibility index (Phi) is 5.72. The molecule has 0 heterocycles. The molecule has 1 aromatic rings. The monoisotopic (exact) mass is 223 g/mol. The average Bonchev–Trinajstić information content (AvgIpc) is 2.29. The number of anilines is 1. The third kappa shape index (κ3) is 4.53. The van der Waals surface area contributed by atoms with Crippen molar-refractivity contribution in [3.63, 3.8) is 0 Å². The maximum absolute atomic E-state index is 5.38. The van der Waals surface area contributed by atoms with Gasteiger partial charge in [0.15, 0.2) is 0 Å². The summed E-state index contributed by atoms with van der Waals surface area (Å²) in [7, 11) is 1.73. The van der Waals surface area contributed by atoms with Crippen molar-refractivity contribution >= 4 is 5.69 Å². The molecule has 1 aromatic carbocycles. The van der Waals surface area contributed by atoms with Gasteiger partial charge in [-0.2, -0.15) is 0 Å². The molecule has 0 saturated heterocycles. The van der Waals surface area contributed by atoms with Crippen LogP contribution in [0.4, 0.5) is 5.69 Å². The van der Waals surface area contributed by atoms with Crippen molar-refractivity contribution in [3.8, 4) is 5.75 Å². The summed E-state index contributed by atoms with van der Waals surface area (Å²) in [6.07, 6.45) is 0. The van der Waals surface area contributed by atoms with Crippen LogP contribution < -0.4 is 10.1 Å². The van der Waals surface area contributed by atoms with Crippen LogP contribution in [0.2, 0.25) is 0 Å². The predicted molar refractivity (Wildman–Crippen MR) is 67.1 cm³/mol. The summed E-state index contributed by atoms with van der Waals surface area (Å²) in [5.74, 6) is 1.43. The molecular weight excluding hydrogens is 202 g/mol. The maximum atomic E-state index is 5.38. The van der Waals surface area contributed by atoms with E-state index in [-0.39, 0.29) is 0 Å². The highest BCUT2D eigenvalue weighted by molar-refractivity contribution is 5.46. The van der Waals surface area contributed by atoms with Gasteiger partial charge >= 0.3 is 0 Å². The zero-order chi connectivity index (χ0) is 11.8. The molecule has 0 bridgehead atoms. The van der Waals surface area contributed by atoms with Crippen LogP contribution in [0.15, 0.2) is 24.3 Å². The van der Waals surface area contributed by atoms with E-state index in [0.29, 0.717) is 12.5 Å². The van der Waals surface area contributed by atoms with Gasteiger partial charge in [0, 0.05) is 19.3 Å². The minimum absolute atomic E-state index is 0.511. The number of rotatable bonds is 7. The summed E-state index contributed by atoms with van der Waals surface area (Å²) in [5, 5.41) is 3.36. The molecule has 0 aliphatic carbocycles. The summed E-state index contributed by atoms with van der Waals surface area (Å²) in [4.78, 5) is 0. The molecule has 90 valence electrons. The van der Waals surface area contributed by atoms with Crippen molar-refractivity contribution in [2.45, 2.75) is 13.8 Å². The van der Waals surface area contributed by atoms with E-state index < -0.39 is 0 Å². The molecule has 0 aliphatic heterocycles. The molecule has 0 radical (unpaired) electrons. The molecule has 1 rings (SSSR count). The summed E-state index contributed by atoms with van der Waals surface area (Å²) < 4.78 is 10.5. The van der Waals surface area contributed by atoms with E-state index in [9.17, 15) is 0 Å². The van der Waals surface area contributed by atoms with Crippen LogP contribution >= 0.6 is 0 Å². The number of nitrogens with one attached hydrogen (secondary N) is 1. The van der Waals surface area contributed by atoms with Crippen LogP contribution in [0.1, 0.15) is 13.8 Å². The molecule has 0 aromatic heterocycles. The summed E-state index contributed by atoms with van der Waals surface area (Å²) in [6, 6.07) is 8.02. The van der Waals surface area contributed by atoms with Gasteiger partial charge in [0.1, 0.15) is 5.75 Å². The molecule has 0 saturated carbocycles. The highest BCUT2D eigenvalue weighted by Gasteiger charge is 2.00. The summed E-state index contributed by atoms with van der Waals surface area (Å²) in [5.41, 5.74) is 1.12. The second-order valence-corrected chi connectivity index (χ2v) is 3.90. The van der Waals surface area contributed by atoms with Crippen molar-refractivity contribution < 1.29 is 9.47 Å². The van der Waals surface area contributed by atoms with Crippen LogP contribution in [-0.2, 0) is 4.74 Å². The lowest BCUT2D eigenvalue weighted by atomic mass is 10.2. The van der Waals surface area contributed by atoms with Gasteiger partial charge in [-0.1, -0.05) is 6.92 Å². The first-order chi connectivity index (χ1) is 7.76. The lowest BCUT2D eigenvalue weighted by molar-refractivity contribution is 0.164. The Morgan fingerprint density at radius 2 is 1.94 bits per heavy atom. The SMILES string of the molecule is CCOc1ccc(NCC(C)COC)cc1. The lowest BCUT2D eigenvalue weighted by Crippen LogP contribution is -2.15. The average molecular weight is 223 g/mol. The van der Waals surface area contributed by atoms with E-state index in [1.54, 1.807) is 7.11 Å². The third-order valence-corrected chi connectivity index (χ3v) is 2.27. The summed E-state index contributed by atoms with van der Waals surface area (Å²) in [6.45, 7) is 6.55. The Morgan fingerprint density at radius 3 is 2.50 bits per heavy atom. The number of benzene rings is 1. The molecule has 3 heteroatoms. The molecule has 0 aliphatic rings. The van der Waals surface area contributed by atoms with E-state index in [2.05, 4.69) is 12.2 Å². The Hall–Kier alpha value is -1.22. The van der Waals surface area contributed by atoms with E-state index in [4.69, 9.17) is 9.47 Å². The molecule has 0 amide bonds. The van der Waals surface area contributed by atoms with Crippen molar-refractivity contribution in [1.82, 2.24) is 0 Å². The summed E-state index contributed by atoms with van der Waals surface area (Å²) >= 11 is 0. The standard InChI is InChI=1S/C13H21NO2/c1-4-16-13-7-5-12(6-8-13)14-9-11(2)10-15-3/h5-8,11,14H,4,9-10H2,1-3H3. The Morgan fingerprint density at radius 1 is 1.25 bits per heavy atom. The van der Waals surface area contributed by atoms with Crippen molar-refractivity contribution in [3.05, 3.63) is 24.3 Å². The molecule has 1 atom stereocenters. The maximum Gasteiger partial charge on any atom is 0.119 e. The van der Waals surface area contributed by atoms with Gasteiger partial charge in [-0.15, -0.1) is 0 Å². The Balaban J connectivity index is 2.37. The molecule has 3 nitrogen and oxygen atoms in total. The number of hydrogen-bond donors (Lipinski definition) is 1. The first-order valence-electron chi connectivity index (χ1n) is 5.72. The molecular formula is C13H21NO2. The van der Waals surface area contributed by atoms with Gasteiger partial charge < -0.3 is 14.8 Å². The van der Waals surface area contributed by atoms with Gasteiger partial charge in [-0.3, -0.25) is 0 Å². The van der Waals surface area contributed by atoms with E-state index >= 15 is 0 Å². The first kappa shape index (κ1) is 12.8. The second-order valence-electron chi connectivity index (χ2n) is 3.90. The topological polar surface area (TPSA) is 30.5 Å². The van der Waals surface area contributed by atoms with Gasteiger partial charge in [0.05, 0.1) is 13.2 Å². The van der Waals surface area contributed by atoms with Gasteiger partial charge in [0.2, 0.25) is 0 Å². The highest BCUT2D eigenvalue weighted by Crippen LogP contribution is 2.15. The molecule has 1 N–H and O–H groups in total. The van der Waals surface area contributed by atoms with Crippen LogP contribution in [0.25, 0.3) is 0 Å². The van der Waals surface area contributed by atoms with Gasteiger partial charge in [-0.25, -0.2) is 0 Å². The lowest BCUT2D eigenvalue weighted by Gasteiger charge is -2.12. The fraction of sp³-hybridized carbons (Fsp3) is 0.538. The molecule has 16 heavy (non-hydrogen) atoms. The minimum atomic E-state index is 0.511. The van der Waals surface area contributed by atoms with E-state index in [1.165, 1.54) is 0 Å². The normalized spacial score (nSPS) is 12.2. The van der Waals surface area contributed by atoms with Crippen molar-refractivity contribution in [2.75, 3.05) is 32.2 Å². The fourth-order valence-corrected chi connectivity index (χ4v) is 1.47. The van der Waals surface area contributed by atoms with Crippen LogP contribution in [0, 0.1) is 5.92 Å². The predicted octanol–water partition coefficient (Wildman–Crippen LogP) is 2.78. The Bertz CT molecular complexity index is 284. The van der Waals surface area contributed by atoms with Gasteiger partial charge in [0.25, 0.3) is 0 Å². The van der Waals surface area contributed by atoms with E-state index in [0.717, 1.165) is 24.6 Å². The van der Waals surface area contributed by atoms with Crippen LogP contribution in [0.3, 0.4) is 0 Å². The highest BCUT2D eigenvalue weighted by atomic mass is 16.5.